The van der Waals surface area contributed by atoms with Crippen LogP contribution in [0.5, 0.6) is 0 Å². The molecule has 0 bridgehead atoms. The normalized spacial score (nSPS) is 15.2. The minimum Gasteiger partial charge on any atom is -0.354 e. The summed E-state index contributed by atoms with van der Waals surface area (Å²) in [5, 5.41) is 15.6. The van der Waals surface area contributed by atoms with Gasteiger partial charge < -0.3 is 4.90 Å². The van der Waals surface area contributed by atoms with E-state index in [1.165, 1.54) is 0 Å². The van der Waals surface area contributed by atoms with E-state index in [0.717, 1.165) is 41.1 Å². The molecule has 27 heavy (non-hydrogen) atoms. The van der Waals surface area contributed by atoms with Gasteiger partial charge in [0.25, 0.3) is 5.56 Å². The highest BCUT2D eigenvalue weighted by molar-refractivity contribution is 5.93. The van der Waals surface area contributed by atoms with Crippen LogP contribution in [-0.2, 0) is 12.0 Å². The van der Waals surface area contributed by atoms with Gasteiger partial charge in [0, 0.05) is 41.3 Å². The van der Waals surface area contributed by atoms with Crippen molar-refractivity contribution in [1.29, 1.82) is 0 Å². The lowest BCUT2D eigenvalue weighted by Crippen LogP contribution is -2.50. The van der Waals surface area contributed by atoms with Crippen molar-refractivity contribution >= 4 is 16.6 Å². The molecule has 4 rings (SSSR count). The van der Waals surface area contributed by atoms with E-state index in [0.29, 0.717) is 12.5 Å². The first kappa shape index (κ1) is 17.6. The van der Waals surface area contributed by atoms with Gasteiger partial charge in [0.15, 0.2) is 5.82 Å². The summed E-state index contributed by atoms with van der Waals surface area (Å²) < 4.78 is 1.61. The van der Waals surface area contributed by atoms with Crippen molar-refractivity contribution < 1.29 is 0 Å². The lowest BCUT2D eigenvalue weighted by Gasteiger charge is -2.40. The van der Waals surface area contributed by atoms with Gasteiger partial charge in [-0.25, -0.2) is 4.68 Å². The standard InChI is InChI=1S/C21H25N5O/c1-14-16-7-5-6-8-17(16)20(23-22-14)25-11-15(12-25)13-26-19(27)10-9-18(24-26)21(2,3)4/h5-10,15H,11-13H2,1-4H3. The van der Waals surface area contributed by atoms with Crippen LogP contribution in [0.1, 0.15) is 32.2 Å². The summed E-state index contributed by atoms with van der Waals surface area (Å²) >= 11 is 0. The largest absolute Gasteiger partial charge is 0.354 e. The van der Waals surface area contributed by atoms with Gasteiger partial charge in [0.05, 0.1) is 17.9 Å². The SMILES string of the molecule is Cc1nnc(N2CC(Cn3nc(C(C)(C)C)ccc3=O)C2)c2ccccc12. The maximum absolute atomic E-state index is 12.2. The number of nitrogens with zero attached hydrogens (tertiary/aromatic N) is 5. The zero-order valence-corrected chi connectivity index (χ0v) is 16.3. The van der Waals surface area contributed by atoms with E-state index in [-0.39, 0.29) is 11.0 Å². The molecule has 1 fully saturated rings. The molecule has 0 aliphatic carbocycles. The molecule has 0 amide bonds. The summed E-state index contributed by atoms with van der Waals surface area (Å²) in [4.78, 5) is 14.4. The first-order valence-corrected chi connectivity index (χ1v) is 9.38. The summed E-state index contributed by atoms with van der Waals surface area (Å²) in [7, 11) is 0. The van der Waals surface area contributed by atoms with Crippen molar-refractivity contribution in [2.75, 3.05) is 18.0 Å². The summed E-state index contributed by atoms with van der Waals surface area (Å²) in [6, 6.07) is 11.7. The highest BCUT2D eigenvalue weighted by Crippen LogP contribution is 2.30. The lowest BCUT2D eigenvalue weighted by molar-refractivity contribution is 0.328. The summed E-state index contributed by atoms with van der Waals surface area (Å²) in [6.45, 7) is 10.7. The average Bonchev–Trinajstić information content (AvgIpc) is 2.59. The average molecular weight is 363 g/mol. The number of anilines is 1. The maximum Gasteiger partial charge on any atom is 0.266 e. The molecule has 1 aromatic carbocycles. The van der Waals surface area contributed by atoms with E-state index in [1.54, 1.807) is 10.7 Å². The minimum absolute atomic E-state index is 0.0398. The van der Waals surface area contributed by atoms with Gasteiger partial charge in [0.1, 0.15) is 0 Å². The molecule has 1 aliphatic heterocycles. The molecule has 0 saturated carbocycles. The Bertz CT molecular complexity index is 1040. The zero-order valence-electron chi connectivity index (χ0n) is 16.3. The maximum atomic E-state index is 12.2. The van der Waals surface area contributed by atoms with Crippen LogP contribution in [0, 0.1) is 12.8 Å². The Labute approximate surface area is 158 Å². The Morgan fingerprint density at radius 1 is 1.04 bits per heavy atom. The summed E-state index contributed by atoms with van der Waals surface area (Å²) in [5.41, 5.74) is 1.77. The monoisotopic (exact) mass is 363 g/mol. The molecule has 0 spiro atoms. The summed E-state index contributed by atoms with van der Waals surface area (Å²) in [5.74, 6) is 1.31. The van der Waals surface area contributed by atoms with Crippen molar-refractivity contribution in [3.05, 3.63) is 58.1 Å². The van der Waals surface area contributed by atoms with Crippen LogP contribution in [-0.4, -0.2) is 33.1 Å². The Morgan fingerprint density at radius 3 is 2.44 bits per heavy atom. The number of aromatic nitrogens is 4. The zero-order chi connectivity index (χ0) is 19.2. The van der Waals surface area contributed by atoms with Crippen molar-refractivity contribution in [1.82, 2.24) is 20.0 Å². The molecule has 6 heteroatoms. The third-order valence-electron chi connectivity index (χ3n) is 5.18. The Balaban J connectivity index is 1.52. The number of rotatable bonds is 3. The van der Waals surface area contributed by atoms with Crippen LogP contribution in [0.15, 0.2) is 41.2 Å². The molecular weight excluding hydrogens is 338 g/mol. The van der Waals surface area contributed by atoms with Crippen LogP contribution in [0.3, 0.4) is 0 Å². The fraction of sp³-hybridized carbons (Fsp3) is 0.429. The molecular formula is C21H25N5O. The molecule has 3 aromatic rings. The first-order chi connectivity index (χ1) is 12.8. The third kappa shape index (κ3) is 3.31. The van der Waals surface area contributed by atoms with Gasteiger partial charge in [-0.05, 0) is 13.0 Å². The molecule has 0 radical (unpaired) electrons. The number of hydrogen-bond donors (Lipinski definition) is 0. The number of hydrogen-bond acceptors (Lipinski definition) is 5. The van der Waals surface area contributed by atoms with Gasteiger partial charge >= 0.3 is 0 Å². The van der Waals surface area contributed by atoms with E-state index in [4.69, 9.17) is 0 Å². The van der Waals surface area contributed by atoms with Crippen molar-refractivity contribution in [3.63, 3.8) is 0 Å². The topological polar surface area (TPSA) is 63.9 Å². The molecule has 6 nitrogen and oxygen atoms in total. The van der Waals surface area contributed by atoms with Crippen molar-refractivity contribution in [3.8, 4) is 0 Å². The van der Waals surface area contributed by atoms with Crippen LogP contribution in [0.2, 0.25) is 0 Å². The second kappa shape index (κ2) is 6.44. The van der Waals surface area contributed by atoms with Crippen LogP contribution < -0.4 is 10.5 Å². The molecule has 1 saturated heterocycles. The van der Waals surface area contributed by atoms with Crippen molar-refractivity contribution in [2.24, 2.45) is 5.92 Å². The van der Waals surface area contributed by atoms with Crippen LogP contribution in [0.4, 0.5) is 5.82 Å². The van der Waals surface area contributed by atoms with Gasteiger partial charge in [-0.3, -0.25) is 4.79 Å². The second-order valence-corrected chi connectivity index (χ2v) is 8.41. The first-order valence-electron chi connectivity index (χ1n) is 9.38. The summed E-state index contributed by atoms with van der Waals surface area (Å²) in [6.07, 6.45) is 0. The van der Waals surface area contributed by atoms with E-state index in [2.05, 4.69) is 53.1 Å². The molecule has 3 heterocycles. The van der Waals surface area contributed by atoms with Gasteiger partial charge in [-0.1, -0.05) is 45.0 Å². The third-order valence-corrected chi connectivity index (χ3v) is 5.18. The van der Waals surface area contributed by atoms with Crippen LogP contribution in [0.25, 0.3) is 10.8 Å². The number of aryl methyl sites for hydroxylation is 1. The smallest absolute Gasteiger partial charge is 0.266 e. The fourth-order valence-electron chi connectivity index (χ4n) is 3.54. The molecule has 0 unspecified atom stereocenters. The van der Waals surface area contributed by atoms with Gasteiger partial charge in [-0.15, -0.1) is 5.10 Å². The Kier molecular flexibility index (Phi) is 4.21. The van der Waals surface area contributed by atoms with E-state index >= 15 is 0 Å². The Hall–Kier alpha value is -2.76. The molecule has 0 atom stereocenters. The van der Waals surface area contributed by atoms with E-state index < -0.39 is 0 Å². The Morgan fingerprint density at radius 2 is 1.74 bits per heavy atom. The lowest BCUT2D eigenvalue weighted by atomic mass is 9.92. The van der Waals surface area contributed by atoms with Gasteiger partial charge in [-0.2, -0.15) is 10.2 Å². The van der Waals surface area contributed by atoms with Crippen LogP contribution >= 0.6 is 0 Å². The van der Waals surface area contributed by atoms with Gasteiger partial charge in [0.2, 0.25) is 0 Å². The molecule has 0 N–H and O–H groups in total. The highest BCUT2D eigenvalue weighted by atomic mass is 16.1. The molecule has 2 aromatic heterocycles. The predicted molar refractivity (Wildman–Crippen MR) is 107 cm³/mol. The number of benzene rings is 1. The number of fused-ring (bicyclic) bond motifs is 1. The highest BCUT2D eigenvalue weighted by Gasteiger charge is 2.30. The second-order valence-electron chi connectivity index (χ2n) is 8.41. The van der Waals surface area contributed by atoms with Crippen molar-refractivity contribution in [2.45, 2.75) is 39.7 Å². The fourth-order valence-corrected chi connectivity index (χ4v) is 3.54. The molecule has 140 valence electrons. The predicted octanol–water partition coefficient (Wildman–Crippen LogP) is 2.93. The minimum atomic E-state index is -0.0719. The quantitative estimate of drug-likeness (QED) is 0.716. The molecule has 1 aliphatic rings. The van der Waals surface area contributed by atoms with E-state index in [9.17, 15) is 4.79 Å². The van der Waals surface area contributed by atoms with E-state index in [1.807, 2.05) is 25.1 Å².